The van der Waals surface area contributed by atoms with Gasteiger partial charge in [0.25, 0.3) is 6.01 Å². The Morgan fingerprint density at radius 3 is 2.84 bits per heavy atom. The number of hydrogen-bond donors (Lipinski definition) is 1. The molecule has 25 heavy (non-hydrogen) atoms. The second-order valence-corrected chi connectivity index (χ2v) is 5.58. The van der Waals surface area contributed by atoms with Gasteiger partial charge < -0.3 is 19.2 Å². The maximum Gasteiger partial charge on any atom is 0.335 e. The molecule has 2 aromatic carbocycles. The molecule has 0 amide bonds. The van der Waals surface area contributed by atoms with Gasteiger partial charge in [0.15, 0.2) is 5.58 Å². The third-order valence-electron chi connectivity index (χ3n) is 3.86. The van der Waals surface area contributed by atoms with Crippen molar-refractivity contribution in [3.05, 3.63) is 54.1 Å². The summed E-state index contributed by atoms with van der Waals surface area (Å²) < 4.78 is 11.4. The number of carboxylic acids is 1. The highest BCUT2D eigenvalue weighted by Gasteiger charge is 2.12. The Morgan fingerprint density at radius 1 is 1.24 bits per heavy atom. The molecule has 0 aliphatic heterocycles. The van der Waals surface area contributed by atoms with Crippen LogP contribution in [0, 0.1) is 0 Å². The molecule has 6 heteroatoms. The van der Waals surface area contributed by atoms with Gasteiger partial charge in [-0.25, -0.2) is 4.79 Å². The summed E-state index contributed by atoms with van der Waals surface area (Å²) in [5.41, 5.74) is 1.84. The van der Waals surface area contributed by atoms with Crippen LogP contribution in [0.4, 0.5) is 6.01 Å². The zero-order valence-corrected chi connectivity index (χ0v) is 14.0. The van der Waals surface area contributed by atoms with Crippen molar-refractivity contribution in [3.63, 3.8) is 0 Å². The van der Waals surface area contributed by atoms with Crippen LogP contribution in [-0.2, 0) is 0 Å². The lowest BCUT2D eigenvalue weighted by Crippen LogP contribution is -2.25. The Kier molecular flexibility index (Phi) is 5.18. The van der Waals surface area contributed by atoms with E-state index in [1.165, 1.54) is 6.07 Å². The highest BCUT2D eigenvalue weighted by Crippen LogP contribution is 2.21. The quantitative estimate of drug-likeness (QED) is 0.628. The van der Waals surface area contributed by atoms with Crippen molar-refractivity contribution in [2.75, 3.05) is 24.6 Å². The van der Waals surface area contributed by atoms with Crippen molar-refractivity contribution < 1.29 is 19.1 Å². The largest absolute Gasteiger partial charge is 0.494 e. The summed E-state index contributed by atoms with van der Waals surface area (Å²) in [6.45, 7) is 4.05. The van der Waals surface area contributed by atoms with Crippen LogP contribution in [0.15, 0.2) is 52.9 Å². The SMILES string of the molecule is CCN(CCCOc1cccc(C(=O)O)c1)c1nc2ccccc2o1. The number of anilines is 1. The van der Waals surface area contributed by atoms with Gasteiger partial charge in [-0.1, -0.05) is 18.2 Å². The summed E-state index contributed by atoms with van der Waals surface area (Å²) >= 11 is 0. The highest BCUT2D eigenvalue weighted by atomic mass is 16.5. The summed E-state index contributed by atoms with van der Waals surface area (Å²) in [7, 11) is 0. The number of hydrogen-bond acceptors (Lipinski definition) is 5. The molecule has 0 atom stereocenters. The van der Waals surface area contributed by atoms with Gasteiger partial charge in [-0.3, -0.25) is 0 Å². The van der Waals surface area contributed by atoms with Crippen LogP contribution < -0.4 is 9.64 Å². The molecule has 1 aromatic heterocycles. The van der Waals surface area contributed by atoms with Crippen LogP contribution in [0.2, 0.25) is 0 Å². The molecule has 3 rings (SSSR count). The number of rotatable bonds is 8. The van der Waals surface area contributed by atoms with Crippen molar-refractivity contribution in [3.8, 4) is 5.75 Å². The number of para-hydroxylation sites is 2. The first kappa shape index (κ1) is 16.8. The lowest BCUT2D eigenvalue weighted by Gasteiger charge is -2.18. The van der Waals surface area contributed by atoms with Gasteiger partial charge in [-0.2, -0.15) is 4.98 Å². The van der Waals surface area contributed by atoms with Crippen LogP contribution >= 0.6 is 0 Å². The Hall–Kier alpha value is -3.02. The number of aromatic nitrogens is 1. The van der Waals surface area contributed by atoms with E-state index in [0.717, 1.165) is 30.6 Å². The fraction of sp³-hybridized carbons (Fsp3) is 0.263. The van der Waals surface area contributed by atoms with Crippen molar-refractivity contribution in [1.29, 1.82) is 0 Å². The Bertz CT molecular complexity index is 826. The first-order chi connectivity index (χ1) is 12.2. The van der Waals surface area contributed by atoms with E-state index in [1.54, 1.807) is 18.2 Å². The summed E-state index contributed by atoms with van der Waals surface area (Å²) in [6.07, 6.45) is 0.768. The second-order valence-electron chi connectivity index (χ2n) is 5.58. The van der Waals surface area contributed by atoms with Crippen LogP contribution in [0.25, 0.3) is 11.1 Å². The molecule has 0 saturated heterocycles. The lowest BCUT2D eigenvalue weighted by atomic mass is 10.2. The van der Waals surface area contributed by atoms with E-state index < -0.39 is 5.97 Å². The molecule has 0 aliphatic rings. The molecule has 0 unspecified atom stereocenters. The normalized spacial score (nSPS) is 10.8. The van der Waals surface area contributed by atoms with Crippen molar-refractivity contribution in [1.82, 2.24) is 4.98 Å². The monoisotopic (exact) mass is 340 g/mol. The van der Waals surface area contributed by atoms with Crippen LogP contribution in [0.1, 0.15) is 23.7 Å². The lowest BCUT2D eigenvalue weighted by molar-refractivity contribution is 0.0696. The van der Waals surface area contributed by atoms with E-state index in [2.05, 4.69) is 9.88 Å². The zero-order valence-electron chi connectivity index (χ0n) is 14.0. The standard InChI is InChI=1S/C19H20N2O4/c1-2-21(19-20-16-9-3-4-10-17(16)25-19)11-6-12-24-15-8-5-7-14(13-15)18(22)23/h3-5,7-10,13H,2,6,11-12H2,1H3,(H,22,23). The van der Waals surface area contributed by atoms with Gasteiger partial charge >= 0.3 is 5.97 Å². The molecule has 3 aromatic rings. The maximum absolute atomic E-state index is 11.0. The number of oxazole rings is 1. The average Bonchev–Trinajstić information content (AvgIpc) is 3.06. The number of benzene rings is 2. The summed E-state index contributed by atoms with van der Waals surface area (Å²) in [6, 6.07) is 14.8. The molecule has 0 radical (unpaired) electrons. The van der Waals surface area contributed by atoms with E-state index >= 15 is 0 Å². The highest BCUT2D eigenvalue weighted by molar-refractivity contribution is 5.88. The Balaban J connectivity index is 1.55. The van der Waals surface area contributed by atoms with Gasteiger partial charge in [0.05, 0.1) is 12.2 Å². The summed E-state index contributed by atoms with van der Waals surface area (Å²) in [4.78, 5) is 17.5. The number of fused-ring (bicyclic) bond motifs is 1. The first-order valence-electron chi connectivity index (χ1n) is 8.24. The van der Waals surface area contributed by atoms with Crippen molar-refractivity contribution in [2.45, 2.75) is 13.3 Å². The van der Waals surface area contributed by atoms with Crippen molar-refractivity contribution in [2.24, 2.45) is 0 Å². The van der Waals surface area contributed by atoms with Crippen LogP contribution in [0.3, 0.4) is 0 Å². The molecule has 0 aliphatic carbocycles. The number of ether oxygens (including phenoxy) is 1. The van der Waals surface area contributed by atoms with E-state index in [0.29, 0.717) is 18.4 Å². The molecule has 1 N–H and O–H groups in total. The van der Waals surface area contributed by atoms with Crippen LogP contribution in [0.5, 0.6) is 5.75 Å². The smallest absolute Gasteiger partial charge is 0.335 e. The van der Waals surface area contributed by atoms with Gasteiger partial charge in [0.2, 0.25) is 0 Å². The molecular formula is C19H20N2O4. The van der Waals surface area contributed by atoms with Gasteiger partial charge in [-0.05, 0) is 43.7 Å². The first-order valence-corrected chi connectivity index (χ1v) is 8.24. The molecular weight excluding hydrogens is 320 g/mol. The molecule has 6 nitrogen and oxygen atoms in total. The Labute approximate surface area is 145 Å². The van der Waals surface area contributed by atoms with E-state index in [9.17, 15) is 4.79 Å². The molecule has 0 bridgehead atoms. The van der Waals surface area contributed by atoms with Crippen LogP contribution in [-0.4, -0.2) is 35.8 Å². The van der Waals surface area contributed by atoms with E-state index in [1.807, 2.05) is 31.2 Å². The van der Waals surface area contributed by atoms with E-state index in [-0.39, 0.29) is 5.56 Å². The molecule has 130 valence electrons. The third-order valence-corrected chi connectivity index (χ3v) is 3.86. The Morgan fingerprint density at radius 2 is 2.08 bits per heavy atom. The fourth-order valence-corrected chi connectivity index (χ4v) is 2.55. The topological polar surface area (TPSA) is 75.8 Å². The predicted molar refractivity (Wildman–Crippen MR) is 95.4 cm³/mol. The molecule has 1 heterocycles. The number of nitrogens with zero attached hydrogens (tertiary/aromatic N) is 2. The minimum Gasteiger partial charge on any atom is -0.494 e. The van der Waals surface area contributed by atoms with E-state index in [4.69, 9.17) is 14.3 Å². The minimum absolute atomic E-state index is 0.221. The van der Waals surface area contributed by atoms with Gasteiger partial charge in [0.1, 0.15) is 11.3 Å². The summed E-state index contributed by atoms with van der Waals surface area (Å²) in [5, 5.41) is 8.99. The number of carbonyl (C=O) groups is 1. The van der Waals surface area contributed by atoms with Gasteiger partial charge in [0, 0.05) is 13.1 Å². The average molecular weight is 340 g/mol. The molecule has 0 fully saturated rings. The maximum atomic E-state index is 11.0. The number of aromatic carboxylic acids is 1. The minimum atomic E-state index is -0.960. The predicted octanol–water partition coefficient (Wildman–Crippen LogP) is 3.82. The second kappa shape index (κ2) is 7.70. The molecule has 0 spiro atoms. The molecule has 0 saturated carbocycles. The van der Waals surface area contributed by atoms with Gasteiger partial charge in [-0.15, -0.1) is 0 Å². The fourth-order valence-electron chi connectivity index (χ4n) is 2.55. The van der Waals surface area contributed by atoms with Crippen molar-refractivity contribution >= 4 is 23.1 Å². The zero-order chi connectivity index (χ0) is 17.6. The number of carboxylic acid groups (broad SMARTS) is 1. The summed E-state index contributed by atoms with van der Waals surface area (Å²) in [5.74, 6) is -0.400. The third kappa shape index (κ3) is 4.09.